The molecule has 0 aromatic heterocycles. The fraction of sp³-hybridized carbons (Fsp3) is 1.00. The Kier molecular flexibility index (Phi) is 6.93. The molecule has 4 nitrogen and oxygen atoms in total. The van der Waals surface area contributed by atoms with E-state index in [9.17, 15) is 21.6 Å². The van der Waals surface area contributed by atoms with Crippen molar-refractivity contribution in [1.82, 2.24) is 9.62 Å². The molecule has 0 aromatic carbocycles. The Morgan fingerprint density at radius 2 is 2.00 bits per heavy atom. The van der Waals surface area contributed by atoms with Crippen LogP contribution >= 0.6 is 0 Å². The van der Waals surface area contributed by atoms with Crippen molar-refractivity contribution in [2.24, 2.45) is 5.92 Å². The van der Waals surface area contributed by atoms with Crippen molar-refractivity contribution in [3.05, 3.63) is 0 Å². The summed E-state index contributed by atoms with van der Waals surface area (Å²) in [5.74, 6) is -0.296. The van der Waals surface area contributed by atoms with Crippen LogP contribution in [0.4, 0.5) is 13.2 Å². The summed E-state index contributed by atoms with van der Waals surface area (Å²) in [5.41, 5.74) is 0. The first-order chi connectivity index (χ1) is 9.60. The molecule has 1 aliphatic heterocycles. The number of halogens is 3. The maximum Gasteiger partial charge on any atom is 0.389 e. The molecule has 1 atom stereocenters. The largest absolute Gasteiger partial charge is 0.389 e. The van der Waals surface area contributed by atoms with Crippen LogP contribution in [0.1, 0.15) is 39.5 Å². The molecule has 0 amide bonds. The third-order valence-corrected chi connectivity index (χ3v) is 5.30. The molecule has 0 aliphatic carbocycles. The molecule has 0 radical (unpaired) electrons. The van der Waals surface area contributed by atoms with Gasteiger partial charge in [0.25, 0.3) is 0 Å². The maximum atomic E-state index is 12.3. The third kappa shape index (κ3) is 7.46. The van der Waals surface area contributed by atoms with Gasteiger partial charge in [-0.3, -0.25) is 0 Å². The molecule has 126 valence electrons. The molecule has 0 saturated carbocycles. The Bertz CT molecular complexity index is 404. The minimum absolute atomic E-state index is 0.112. The fourth-order valence-electron chi connectivity index (χ4n) is 2.45. The van der Waals surface area contributed by atoms with Crippen molar-refractivity contribution in [3.63, 3.8) is 0 Å². The molecule has 1 saturated heterocycles. The molecule has 1 heterocycles. The van der Waals surface area contributed by atoms with Gasteiger partial charge in [-0.25, -0.2) is 12.7 Å². The smallest absolute Gasteiger partial charge is 0.313 e. The van der Waals surface area contributed by atoms with E-state index in [4.69, 9.17) is 0 Å². The molecule has 21 heavy (non-hydrogen) atoms. The van der Waals surface area contributed by atoms with Crippen LogP contribution in [0.25, 0.3) is 0 Å². The second-order valence-electron chi connectivity index (χ2n) is 6.04. The van der Waals surface area contributed by atoms with Crippen molar-refractivity contribution in [2.45, 2.75) is 51.7 Å². The van der Waals surface area contributed by atoms with Crippen molar-refractivity contribution >= 4 is 10.0 Å². The Morgan fingerprint density at radius 1 is 1.33 bits per heavy atom. The summed E-state index contributed by atoms with van der Waals surface area (Å²) in [6.07, 6.45) is -3.81. The lowest BCUT2D eigenvalue weighted by Crippen LogP contribution is -2.43. The van der Waals surface area contributed by atoms with Gasteiger partial charge in [0.1, 0.15) is 0 Å². The lowest BCUT2D eigenvalue weighted by Gasteiger charge is -2.27. The Hall–Kier alpha value is -0.340. The van der Waals surface area contributed by atoms with E-state index in [0.717, 1.165) is 19.4 Å². The van der Waals surface area contributed by atoms with Gasteiger partial charge >= 0.3 is 6.18 Å². The Morgan fingerprint density at radius 3 is 2.48 bits per heavy atom. The highest BCUT2D eigenvalue weighted by Gasteiger charge is 2.30. The first-order valence-corrected chi connectivity index (χ1v) is 8.99. The highest BCUT2D eigenvalue weighted by Crippen LogP contribution is 2.22. The summed E-state index contributed by atoms with van der Waals surface area (Å²) in [7, 11) is -3.63. The van der Waals surface area contributed by atoms with Gasteiger partial charge < -0.3 is 5.32 Å². The fourth-order valence-corrected chi connectivity index (χ4v) is 4.15. The predicted octanol–water partition coefficient (Wildman–Crippen LogP) is 2.37. The summed E-state index contributed by atoms with van der Waals surface area (Å²) in [5, 5.41) is 3.23. The van der Waals surface area contributed by atoms with Crippen molar-refractivity contribution in [3.8, 4) is 0 Å². The number of nitrogens with one attached hydrogen (secondary N) is 1. The zero-order valence-electron chi connectivity index (χ0n) is 12.6. The van der Waals surface area contributed by atoms with Crippen LogP contribution in [0.2, 0.25) is 0 Å². The van der Waals surface area contributed by atoms with E-state index in [0.29, 0.717) is 13.1 Å². The molecule has 0 spiro atoms. The zero-order chi connectivity index (χ0) is 16.1. The van der Waals surface area contributed by atoms with Crippen LogP contribution < -0.4 is 5.32 Å². The van der Waals surface area contributed by atoms with Gasteiger partial charge in [0.2, 0.25) is 10.0 Å². The summed E-state index contributed by atoms with van der Waals surface area (Å²) in [4.78, 5) is 0. The molecule has 1 fully saturated rings. The second kappa shape index (κ2) is 7.78. The van der Waals surface area contributed by atoms with Crippen LogP contribution in [-0.2, 0) is 10.0 Å². The molecular formula is C13H25F3N2O2S. The van der Waals surface area contributed by atoms with E-state index in [1.165, 1.54) is 4.31 Å². The molecule has 1 aliphatic rings. The predicted molar refractivity (Wildman–Crippen MR) is 76.5 cm³/mol. The van der Waals surface area contributed by atoms with E-state index >= 15 is 0 Å². The highest BCUT2D eigenvalue weighted by molar-refractivity contribution is 7.89. The molecule has 1 rings (SSSR count). The van der Waals surface area contributed by atoms with Gasteiger partial charge in [-0.1, -0.05) is 13.8 Å². The molecule has 8 heteroatoms. The Labute approximate surface area is 125 Å². The number of nitrogens with zero attached hydrogens (tertiary/aromatic N) is 1. The van der Waals surface area contributed by atoms with Gasteiger partial charge in [0.05, 0.1) is 5.75 Å². The minimum atomic E-state index is -4.30. The monoisotopic (exact) mass is 330 g/mol. The van der Waals surface area contributed by atoms with Crippen LogP contribution in [0, 0.1) is 5.92 Å². The normalized spacial score (nSPS) is 20.6. The standard InChI is InChI=1S/C13H25F3N2O2S/c1-11(2)9-18(10-12-5-3-7-17-12)21(19,20)8-4-6-13(14,15)16/h11-12,17H,3-10H2,1-2H3. The number of hydrogen-bond acceptors (Lipinski definition) is 3. The van der Waals surface area contributed by atoms with Crippen LogP contribution in [-0.4, -0.2) is 50.3 Å². The minimum Gasteiger partial charge on any atom is -0.313 e. The molecule has 0 aromatic rings. The van der Waals surface area contributed by atoms with E-state index < -0.39 is 28.4 Å². The third-order valence-electron chi connectivity index (χ3n) is 3.41. The average molecular weight is 330 g/mol. The average Bonchev–Trinajstić information content (AvgIpc) is 2.78. The molecular weight excluding hydrogens is 305 g/mol. The quantitative estimate of drug-likeness (QED) is 0.743. The SMILES string of the molecule is CC(C)CN(CC1CCCN1)S(=O)(=O)CCCC(F)(F)F. The van der Waals surface area contributed by atoms with Gasteiger partial charge in [-0.2, -0.15) is 13.2 Å². The van der Waals surface area contributed by atoms with Gasteiger partial charge in [-0.05, 0) is 31.7 Å². The number of rotatable bonds is 8. The van der Waals surface area contributed by atoms with E-state index in [1.807, 2.05) is 13.8 Å². The van der Waals surface area contributed by atoms with Gasteiger partial charge in [-0.15, -0.1) is 0 Å². The Balaban J connectivity index is 2.61. The summed E-state index contributed by atoms with van der Waals surface area (Å²) in [6, 6.07) is 0.112. The first kappa shape index (κ1) is 18.7. The van der Waals surface area contributed by atoms with Crippen molar-refractivity contribution in [2.75, 3.05) is 25.4 Å². The van der Waals surface area contributed by atoms with Crippen molar-refractivity contribution < 1.29 is 21.6 Å². The van der Waals surface area contributed by atoms with Crippen LogP contribution in [0.3, 0.4) is 0 Å². The molecule has 0 bridgehead atoms. The van der Waals surface area contributed by atoms with E-state index in [2.05, 4.69) is 5.32 Å². The molecule has 1 N–H and O–H groups in total. The number of alkyl halides is 3. The maximum absolute atomic E-state index is 12.3. The summed E-state index contributed by atoms with van der Waals surface area (Å²) < 4.78 is 62.4. The van der Waals surface area contributed by atoms with Crippen LogP contribution in [0.15, 0.2) is 0 Å². The van der Waals surface area contributed by atoms with E-state index in [-0.39, 0.29) is 18.4 Å². The first-order valence-electron chi connectivity index (χ1n) is 7.38. The lowest BCUT2D eigenvalue weighted by molar-refractivity contribution is -0.134. The van der Waals surface area contributed by atoms with Gasteiger partial charge in [0.15, 0.2) is 0 Å². The lowest BCUT2D eigenvalue weighted by atomic mass is 10.2. The van der Waals surface area contributed by atoms with E-state index in [1.54, 1.807) is 0 Å². The van der Waals surface area contributed by atoms with Crippen LogP contribution in [0.5, 0.6) is 0 Å². The van der Waals surface area contributed by atoms with Crippen molar-refractivity contribution in [1.29, 1.82) is 0 Å². The zero-order valence-corrected chi connectivity index (χ0v) is 13.4. The van der Waals surface area contributed by atoms with Gasteiger partial charge in [0, 0.05) is 25.6 Å². The second-order valence-corrected chi connectivity index (χ2v) is 8.13. The molecule has 1 unspecified atom stereocenters. The highest BCUT2D eigenvalue weighted by atomic mass is 32.2. The summed E-state index contributed by atoms with van der Waals surface area (Å²) in [6.45, 7) is 5.38. The number of sulfonamides is 1. The number of hydrogen-bond donors (Lipinski definition) is 1. The topological polar surface area (TPSA) is 49.4 Å². The summed E-state index contributed by atoms with van der Waals surface area (Å²) >= 11 is 0.